The molecule has 14 heavy (non-hydrogen) atoms. The molecular weight excluding hydrogens is 195 g/mol. The molecule has 0 atom stereocenters. The molecule has 0 N–H and O–H groups in total. The van der Waals surface area contributed by atoms with Crippen molar-refractivity contribution in [3.8, 4) is 0 Å². The smallest absolute Gasteiger partial charge is 0 e. The van der Waals surface area contributed by atoms with Gasteiger partial charge in [-0.05, 0) is 22.8 Å². The minimum atomic E-state index is 0. The van der Waals surface area contributed by atoms with Crippen molar-refractivity contribution in [1.29, 1.82) is 0 Å². The van der Waals surface area contributed by atoms with Gasteiger partial charge in [0.05, 0.1) is 0 Å². The molecule has 0 aromatic heterocycles. The molecule has 2 aromatic rings. The molecule has 1 radical (unpaired) electrons. The summed E-state index contributed by atoms with van der Waals surface area (Å²) in [6.07, 6.45) is 2.89. The fourth-order valence-electron chi connectivity index (χ4n) is 1.63. The van der Waals surface area contributed by atoms with Gasteiger partial charge < -0.3 is 0 Å². The van der Waals surface area contributed by atoms with E-state index in [-0.39, 0.29) is 51.4 Å². The Labute approximate surface area is 127 Å². The van der Waals surface area contributed by atoms with Crippen molar-refractivity contribution >= 4 is 62.2 Å². The third-order valence-electron chi connectivity index (χ3n) is 2.24. The van der Waals surface area contributed by atoms with Gasteiger partial charge in [0, 0.05) is 51.4 Å². The Hall–Kier alpha value is 0.0764. The fraction of sp³-hybridized carbons (Fsp3) is 0.0769. The van der Waals surface area contributed by atoms with Crippen LogP contribution >= 0.6 is 0 Å². The minimum Gasteiger partial charge on any atom is -0.103 e. The second-order valence-electron chi connectivity index (χ2n) is 3.13. The van der Waals surface area contributed by atoms with Crippen LogP contribution in [0.5, 0.6) is 0 Å². The standard InChI is InChI=1S/C13H12.K/c1-2-6-11-8-5-9-12-7-3-4-10-13(11)12;/h2-5,7-10H,1,6H2;. The van der Waals surface area contributed by atoms with Gasteiger partial charge >= 0.3 is 0 Å². The van der Waals surface area contributed by atoms with Crippen molar-refractivity contribution in [2.24, 2.45) is 0 Å². The largest absolute Gasteiger partial charge is 0.103 e. The average Bonchev–Trinajstić information content (AvgIpc) is 2.19. The molecule has 0 spiro atoms. The Bertz CT molecular complexity index is 427. The van der Waals surface area contributed by atoms with E-state index in [1.54, 1.807) is 0 Å². The van der Waals surface area contributed by atoms with Crippen molar-refractivity contribution < 1.29 is 0 Å². The van der Waals surface area contributed by atoms with Gasteiger partial charge in [0.25, 0.3) is 0 Å². The Morgan fingerprint density at radius 2 is 1.71 bits per heavy atom. The molecule has 0 aliphatic carbocycles. The number of allylic oxidation sites excluding steroid dienone is 1. The van der Waals surface area contributed by atoms with Gasteiger partial charge in [-0.15, -0.1) is 6.58 Å². The first kappa shape index (κ1) is 12.1. The van der Waals surface area contributed by atoms with E-state index in [1.807, 2.05) is 6.08 Å². The first-order chi connectivity index (χ1) is 6.42. The van der Waals surface area contributed by atoms with Crippen molar-refractivity contribution in [3.05, 3.63) is 60.7 Å². The summed E-state index contributed by atoms with van der Waals surface area (Å²) in [6, 6.07) is 14.8. The molecule has 0 aliphatic heterocycles. The summed E-state index contributed by atoms with van der Waals surface area (Å²) in [4.78, 5) is 0. The minimum absolute atomic E-state index is 0. The van der Waals surface area contributed by atoms with E-state index >= 15 is 0 Å². The summed E-state index contributed by atoms with van der Waals surface area (Å²) in [7, 11) is 0. The fourth-order valence-corrected chi connectivity index (χ4v) is 1.63. The van der Waals surface area contributed by atoms with E-state index < -0.39 is 0 Å². The van der Waals surface area contributed by atoms with Crippen LogP contribution in [-0.4, -0.2) is 51.4 Å². The molecular formula is C13H12K. The second-order valence-corrected chi connectivity index (χ2v) is 3.13. The van der Waals surface area contributed by atoms with Crippen molar-refractivity contribution in [2.45, 2.75) is 6.42 Å². The number of fused-ring (bicyclic) bond motifs is 1. The summed E-state index contributed by atoms with van der Waals surface area (Å²) in [6.45, 7) is 3.76. The first-order valence-corrected chi connectivity index (χ1v) is 4.49. The molecule has 0 saturated heterocycles. The van der Waals surface area contributed by atoms with Crippen LogP contribution in [0.1, 0.15) is 5.56 Å². The molecule has 2 aromatic carbocycles. The van der Waals surface area contributed by atoms with E-state index in [0.717, 1.165) is 6.42 Å². The zero-order chi connectivity index (χ0) is 9.10. The average molecular weight is 207 g/mol. The van der Waals surface area contributed by atoms with E-state index in [1.165, 1.54) is 16.3 Å². The maximum Gasteiger partial charge on any atom is 0 e. The molecule has 1 heteroatoms. The van der Waals surface area contributed by atoms with Gasteiger partial charge in [-0.2, -0.15) is 0 Å². The Balaban J connectivity index is 0.000000980. The molecule has 0 saturated carbocycles. The maximum atomic E-state index is 3.76. The van der Waals surface area contributed by atoms with Gasteiger partial charge in [-0.3, -0.25) is 0 Å². The third-order valence-corrected chi connectivity index (χ3v) is 2.24. The molecule has 0 bridgehead atoms. The quantitative estimate of drug-likeness (QED) is 0.524. The first-order valence-electron chi connectivity index (χ1n) is 4.49. The molecule has 65 valence electrons. The number of hydrogen-bond acceptors (Lipinski definition) is 0. The van der Waals surface area contributed by atoms with Crippen molar-refractivity contribution in [1.82, 2.24) is 0 Å². The number of hydrogen-bond donors (Lipinski definition) is 0. The van der Waals surface area contributed by atoms with E-state index in [2.05, 4.69) is 49.0 Å². The summed E-state index contributed by atoms with van der Waals surface area (Å²) in [5.41, 5.74) is 1.35. The van der Waals surface area contributed by atoms with Gasteiger partial charge in [0.2, 0.25) is 0 Å². The molecule has 0 amide bonds. The molecule has 0 fully saturated rings. The summed E-state index contributed by atoms with van der Waals surface area (Å²) in [5.74, 6) is 0. The summed E-state index contributed by atoms with van der Waals surface area (Å²) >= 11 is 0. The van der Waals surface area contributed by atoms with Gasteiger partial charge in [0.15, 0.2) is 0 Å². The number of benzene rings is 2. The van der Waals surface area contributed by atoms with Crippen LogP contribution in [0.15, 0.2) is 55.1 Å². The molecule has 0 heterocycles. The number of rotatable bonds is 2. The van der Waals surface area contributed by atoms with Gasteiger partial charge in [-0.25, -0.2) is 0 Å². The van der Waals surface area contributed by atoms with Gasteiger partial charge in [0.1, 0.15) is 0 Å². The second kappa shape index (κ2) is 5.84. The third kappa shape index (κ3) is 2.56. The molecule has 0 unspecified atom stereocenters. The van der Waals surface area contributed by atoms with Crippen molar-refractivity contribution in [2.75, 3.05) is 0 Å². The normalized spacial score (nSPS) is 9.43. The summed E-state index contributed by atoms with van der Waals surface area (Å²) in [5, 5.41) is 2.65. The van der Waals surface area contributed by atoms with Crippen LogP contribution in [0.25, 0.3) is 10.8 Å². The topological polar surface area (TPSA) is 0 Å². The van der Waals surface area contributed by atoms with Gasteiger partial charge in [-0.1, -0.05) is 48.5 Å². The van der Waals surface area contributed by atoms with E-state index in [0.29, 0.717) is 0 Å². The Kier molecular flexibility index (Phi) is 5.06. The summed E-state index contributed by atoms with van der Waals surface area (Å²) < 4.78 is 0. The predicted octanol–water partition coefficient (Wildman–Crippen LogP) is 3.19. The van der Waals surface area contributed by atoms with Crippen LogP contribution in [0, 0.1) is 0 Å². The zero-order valence-electron chi connectivity index (χ0n) is 8.53. The van der Waals surface area contributed by atoms with E-state index in [4.69, 9.17) is 0 Å². The zero-order valence-corrected chi connectivity index (χ0v) is 11.7. The predicted molar refractivity (Wildman–Crippen MR) is 63.6 cm³/mol. The van der Waals surface area contributed by atoms with Crippen LogP contribution in [0.3, 0.4) is 0 Å². The van der Waals surface area contributed by atoms with E-state index in [9.17, 15) is 0 Å². The van der Waals surface area contributed by atoms with Crippen LogP contribution < -0.4 is 0 Å². The molecule has 0 aliphatic rings. The molecule has 2 rings (SSSR count). The van der Waals surface area contributed by atoms with Crippen LogP contribution in [0.2, 0.25) is 0 Å². The SMILES string of the molecule is C=CCc1cccc2ccccc12.[K]. The monoisotopic (exact) mass is 207 g/mol. The van der Waals surface area contributed by atoms with Crippen molar-refractivity contribution in [3.63, 3.8) is 0 Å². The Morgan fingerprint density at radius 1 is 1.00 bits per heavy atom. The Morgan fingerprint density at radius 3 is 2.50 bits per heavy atom. The molecule has 0 nitrogen and oxygen atoms in total. The maximum absolute atomic E-state index is 3.76. The van der Waals surface area contributed by atoms with Crippen LogP contribution in [0.4, 0.5) is 0 Å². The van der Waals surface area contributed by atoms with Crippen LogP contribution in [-0.2, 0) is 6.42 Å².